The minimum absolute atomic E-state index is 0.902. The standard InChI is InChI=1S/C19H23N5/c1-15-6-4-8-18-22-19(16-7-2-3-10-21-16)17(24(15)18)14-23-12-5-9-20-11-13-23/h2-4,6-8,10,20H,5,9,11-14H2,1H3. The Morgan fingerprint density at radius 1 is 1.08 bits per heavy atom. The van der Waals surface area contributed by atoms with Crippen LogP contribution in [0, 0.1) is 6.92 Å². The Labute approximate surface area is 142 Å². The molecule has 4 rings (SSSR count). The van der Waals surface area contributed by atoms with E-state index in [-0.39, 0.29) is 0 Å². The van der Waals surface area contributed by atoms with Crippen molar-refractivity contribution in [2.75, 3.05) is 26.2 Å². The number of hydrogen-bond acceptors (Lipinski definition) is 4. The summed E-state index contributed by atoms with van der Waals surface area (Å²) >= 11 is 0. The molecule has 0 atom stereocenters. The average Bonchev–Trinajstić information content (AvgIpc) is 2.78. The zero-order valence-electron chi connectivity index (χ0n) is 14.1. The van der Waals surface area contributed by atoms with Crippen molar-refractivity contribution in [2.24, 2.45) is 0 Å². The maximum absolute atomic E-state index is 4.89. The Bertz CT molecular complexity index is 816. The average molecular weight is 321 g/mol. The van der Waals surface area contributed by atoms with E-state index in [1.165, 1.54) is 17.8 Å². The molecule has 0 aliphatic carbocycles. The third-order valence-corrected chi connectivity index (χ3v) is 4.65. The summed E-state index contributed by atoms with van der Waals surface area (Å²) in [5.74, 6) is 0. The van der Waals surface area contributed by atoms with Gasteiger partial charge in [-0.05, 0) is 50.7 Å². The highest BCUT2D eigenvalue weighted by molar-refractivity contribution is 5.63. The van der Waals surface area contributed by atoms with E-state index in [0.29, 0.717) is 0 Å². The molecule has 1 N–H and O–H groups in total. The van der Waals surface area contributed by atoms with E-state index in [9.17, 15) is 0 Å². The van der Waals surface area contributed by atoms with Crippen LogP contribution in [0.25, 0.3) is 17.0 Å². The second-order valence-electron chi connectivity index (χ2n) is 6.36. The van der Waals surface area contributed by atoms with E-state index in [1.807, 2.05) is 24.4 Å². The van der Waals surface area contributed by atoms with Gasteiger partial charge in [-0.2, -0.15) is 0 Å². The number of fused-ring (bicyclic) bond motifs is 1. The summed E-state index contributed by atoms with van der Waals surface area (Å²) < 4.78 is 2.28. The van der Waals surface area contributed by atoms with Gasteiger partial charge < -0.3 is 5.32 Å². The van der Waals surface area contributed by atoms with Gasteiger partial charge in [0.1, 0.15) is 11.3 Å². The summed E-state index contributed by atoms with van der Waals surface area (Å²) in [5.41, 5.74) is 5.40. The lowest BCUT2D eigenvalue weighted by atomic mass is 10.2. The van der Waals surface area contributed by atoms with E-state index in [0.717, 1.165) is 49.8 Å². The summed E-state index contributed by atoms with van der Waals surface area (Å²) in [4.78, 5) is 11.9. The largest absolute Gasteiger partial charge is 0.315 e. The molecular formula is C19H23N5. The van der Waals surface area contributed by atoms with Gasteiger partial charge >= 0.3 is 0 Å². The van der Waals surface area contributed by atoms with E-state index in [2.05, 4.69) is 44.7 Å². The molecule has 3 aromatic rings. The Hall–Kier alpha value is -2.24. The van der Waals surface area contributed by atoms with Gasteiger partial charge in [0.2, 0.25) is 0 Å². The molecule has 5 heteroatoms. The Morgan fingerprint density at radius 2 is 2.04 bits per heavy atom. The summed E-state index contributed by atoms with van der Waals surface area (Å²) in [5, 5.41) is 3.48. The van der Waals surface area contributed by atoms with Crippen molar-refractivity contribution >= 4 is 5.65 Å². The smallest absolute Gasteiger partial charge is 0.137 e. The maximum atomic E-state index is 4.89. The molecule has 0 bridgehead atoms. The van der Waals surface area contributed by atoms with Crippen molar-refractivity contribution in [2.45, 2.75) is 19.9 Å². The normalized spacial score (nSPS) is 16.4. The lowest BCUT2D eigenvalue weighted by molar-refractivity contribution is 0.280. The molecule has 3 aromatic heterocycles. The fourth-order valence-corrected chi connectivity index (χ4v) is 3.45. The molecule has 0 amide bonds. The first-order chi connectivity index (χ1) is 11.8. The third kappa shape index (κ3) is 2.92. The minimum atomic E-state index is 0.902. The van der Waals surface area contributed by atoms with Crippen LogP contribution >= 0.6 is 0 Å². The molecule has 0 aromatic carbocycles. The number of nitrogens with one attached hydrogen (secondary N) is 1. The Kier molecular flexibility index (Phi) is 4.28. The van der Waals surface area contributed by atoms with E-state index >= 15 is 0 Å². The van der Waals surface area contributed by atoms with Crippen molar-refractivity contribution < 1.29 is 0 Å². The molecule has 0 radical (unpaired) electrons. The van der Waals surface area contributed by atoms with Crippen molar-refractivity contribution in [3.8, 4) is 11.4 Å². The zero-order chi connectivity index (χ0) is 16.4. The quantitative estimate of drug-likeness (QED) is 0.805. The van der Waals surface area contributed by atoms with Crippen molar-refractivity contribution in [3.63, 3.8) is 0 Å². The number of imidazole rings is 1. The fraction of sp³-hybridized carbons (Fsp3) is 0.368. The van der Waals surface area contributed by atoms with Crippen LogP contribution < -0.4 is 5.32 Å². The van der Waals surface area contributed by atoms with E-state index < -0.39 is 0 Å². The van der Waals surface area contributed by atoms with Crippen molar-refractivity contribution in [3.05, 3.63) is 54.0 Å². The second-order valence-corrected chi connectivity index (χ2v) is 6.36. The van der Waals surface area contributed by atoms with Crippen LogP contribution in [0.4, 0.5) is 0 Å². The van der Waals surface area contributed by atoms with Gasteiger partial charge in [-0.25, -0.2) is 4.98 Å². The predicted octanol–water partition coefficient (Wildman–Crippen LogP) is 2.50. The van der Waals surface area contributed by atoms with E-state index in [4.69, 9.17) is 4.98 Å². The molecule has 0 spiro atoms. The van der Waals surface area contributed by atoms with Crippen LogP contribution in [0.15, 0.2) is 42.6 Å². The van der Waals surface area contributed by atoms with Gasteiger partial charge in [0.25, 0.3) is 0 Å². The van der Waals surface area contributed by atoms with Gasteiger partial charge in [-0.15, -0.1) is 0 Å². The first-order valence-corrected chi connectivity index (χ1v) is 8.64. The van der Waals surface area contributed by atoms with E-state index in [1.54, 1.807) is 0 Å². The van der Waals surface area contributed by atoms with Crippen LogP contribution in [0.2, 0.25) is 0 Å². The third-order valence-electron chi connectivity index (χ3n) is 4.65. The molecule has 1 aliphatic rings. The zero-order valence-corrected chi connectivity index (χ0v) is 14.1. The Balaban J connectivity index is 1.81. The predicted molar refractivity (Wildman–Crippen MR) is 95.9 cm³/mol. The highest BCUT2D eigenvalue weighted by Gasteiger charge is 2.19. The number of rotatable bonds is 3. The molecule has 124 valence electrons. The number of nitrogens with zero attached hydrogens (tertiary/aromatic N) is 4. The highest BCUT2D eigenvalue weighted by atomic mass is 15.2. The second kappa shape index (κ2) is 6.71. The first kappa shape index (κ1) is 15.3. The fourth-order valence-electron chi connectivity index (χ4n) is 3.45. The number of aryl methyl sites for hydroxylation is 1. The van der Waals surface area contributed by atoms with Crippen molar-refractivity contribution in [1.82, 2.24) is 24.6 Å². The SMILES string of the molecule is Cc1cccc2nc(-c3ccccn3)c(CN3CCCNCC3)n12. The highest BCUT2D eigenvalue weighted by Crippen LogP contribution is 2.25. The minimum Gasteiger partial charge on any atom is -0.315 e. The van der Waals surface area contributed by atoms with Crippen LogP contribution in [0.1, 0.15) is 17.8 Å². The molecule has 0 unspecified atom stereocenters. The first-order valence-electron chi connectivity index (χ1n) is 8.64. The molecule has 1 saturated heterocycles. The van der Waals surface area contributed by atoms with Crippen molar-refractivity contribution in [1.29, 1.82) is 0 Å². The molecule has 5 nitrogen and oxygen atoms in total. The molecule has 1 aliphatic heterocycles. The lowest BCUT2D eigenvalue weighted by Crippen LogP contribution is -2.28. The van der Waals surface area contributed by atoms with Crippen LogP contribution in [0.3, 0.4) is 0 Å². The van der Waals surface area contributed by atoms with Gasteiger partial charge in [0, 0.05) is 31.5 Å². The lowest BCUT2D eigenvalue weighted by Gasteiger charge is -2.20. The monoisotopic (exact) mass is 321 g/mol. The summed E-state index contributed by atoms with van der Waals surface area (Å²) in [6.07, 6.45) is 3.03. The molecule has 4 heterocycles. The van der Waals surface area contributed by atoms with Gasteiger partial charge in [-0.3, -0.25) is 14.3 Å². The van der Waals surface area contributed by atoms with Crippen LogP contribution in [-0.4, -0.2) is 45.4 Å². The van der Waals surface area contributed by atoms with Gasteiger partial charge in [0.15, 0.2) is 0 Å². The molecule has 1 fully saturated rings. The summed E-state index contributed by atoms with van der Waals surface area (Å²) in [7, 11) is 0. The number of aromatic nitrogens is 3. The number of pyridine rings is 2. The molecule has 0 saturated carbocycles. The van der Waals surface area contributed by atoms with Crippen LogP contribution in [-0.2, 0) is 6.54 Å². The Morgan fingerprint density at radius 3 is 2.92 bits per heavy atom. The topological polar surface area (TPSA) is 45.5 Å². The van der Waals surface area contributed by atoms with Gasteiger partial charge in [0.05, 0.1) is 11.4 Å². The summed E-state index contributed by atoms with van der Waals surface area (Å²) in [6.45, 7) is 7.39. The summed E-state index contributed by atoms with van der Waals surface area (Å²) in [6, 6.07) is 12.3. The molecular weight excluding hydrogens is 298 g/mol. The van der Waals surface area contributed by atoms with Crippen LogP contribution in [0.5, 0.6) is 0 Å². The number of hydrogen-bond donors (Lipinski definition) is 1. The molecule has 24 heavy (non-hydrogen) atoms. The maximum Gasteiger partial charge on any atom is 0.137 e. The van der Waals surface area contributed by atoms with Gasteiger partial charge in [-0.1, -0.05) is 12.1 Å².